The third-order valence-corrected chi connectivity index (χ3v) is 3.66. The Morgan fingerprint density at radius 1 is 1.50 bits per heavy atom. The van der Waals surface area contributed by atoms with E-state index < -0.39 is 0 Å². The van der Waals surface area contributed by atoms with Gasteiger partial charge in [-0.15, -0.1) is 11.6 Å². The molecule has 0 aliphatic rings. The van der Waals surface area contributed by atoms with E-state index in [4.69, 9.17) is 11.6 Å². The zero-order valence-corrected chi connectivity index (χ0v) is 13.0. The first-order valence-corrected chi connectivity index (χ1v) is 7.28. The number of fused-ring (bicyclic) bond motifs is 1. The van der Waals surface area contributed by atoms with Crippen LogP contribution in [0.5, 0.6) is 0 Å². The van der Waals surface area contributed by atoms with Crippen molar-refractivity contribution in [3.05, 3.63) is 11.5 Å². The highest BCUT2D eigenvalue weighted by Crippen LogP contribution is 2.24. The van der Waals surface area contributed by atoms with Gasteiger partial charge >= 0.3 is 0 Å². The molecule has 110 valence electrons. The third-order valence-electron chi connectivity index (χ3n) is 3.48. The Morgan fingerprint density at radius 2 is 2.20 bits per heavy atom. The second-order valence-corrected chi connectivity index (χ2v) is 5.10. The average molecular weight is 298 g/mol. The number of carbonyl (C=O) groups excluding carboxylic acids is 1. The Labute approximate surface area is 123 Å². The lowest BCUT2D eigenvalue weighted by Crippen LogP contribution is -2.29. The van der Waals surface area contributed by atoms with E-state index in [9.17, 15) is 4.79 Å². The van der Waals surface area contributed by atoms with Crippen LogP contribution in [-0.4, -0.2) is 38.2 Å². The standard InChI is InChI=1S/C13H20ClN5O/c1-5-9-11-13(18(4)17-9)19(8(2)12(20)15-3)10(16-11)6-7-14/h8H,5-7H2,1-4H3,(H,15,20). The lowest BCUT2D eigenvalue weighted by Gasteiger charge is -2.15. The molecule has 0 aliphatic heterocycles. The first-order valence-electron chi connectivity index (χ1n) is 6.75. The van der Waals surface area contributed by atoms with Crippen LogP contribution in [0.2, 0.25) is 0 Å². The van der Waals surface area contributed by atoms with Gasteiger partial charge in [-0.1, -0.05) is 6.92 Å². The molecule has 2 rings (SSSR count). The van der Waals surface area contributed by atoms with Crippen molar-refractivity contribution in [3.63, 3.8) is 0 Å². The summed E-state index contributed by atoms with van der Waals surface area (Å²) in [6.45, 7) is 3.90. The Morgan fingerprint density at radius 3 is 2.75 bits per heavy atom. The molecule has 1 N–H and O–H groups in total. The van der Waals surface area contributed by atoms with Crippen LogP contribution in [0, 0.1) is 0 Å². The molecule has 20 heavy (non-hydrogen) atoms. The second-order valence-electron chi connectivity index (χ2n) is 4.72. The predicted molar refractivity (Wildman–Crippen MR) is 79.1 cm³/mol. The summed E-state index contributed by atoms with van der Waals surface area (Å²) in [6.07, 6.45) is 1.43. The highest BCUT2D eigenvalue weighted by Gasteiger charge is 2.24. The highest BCUT2D eigenvalue weighted by molar-refractivity contribution is 6.17. The fourth-order valence-corrected chi connectivity index (χ4v) is 2.65. The number of halogens is 1. The number of likely N-dealkylation sites (N-methyl/N-ethyl adjacent to an activating group) is 1. The number of nitrogens with one attached hydrogen (secondary N) is 1. The molecule has 0 fully saturated rings. The summed E-state index contributed by atoms with van der Waals surface area (Å²) in [4.78, 5) is 16.6. The van der Waals surface area contributed by atoms with Crippen LogP contribution in [0.4, 0.5) is 0 Å². The summed E-state index contributed by atoms with van der Waals surface area (Å²) in [6, 6.07) is -0.344. The van der Waals surface area contributed by atoms with E-state index in [-0.39, 0.29) is 11.9 Å². The molecule has 0 aliphatic carbocycles. The van der Waals surface area contributed by atoms with E-state index in [1.807, 2.05) is 25.5 Å². The van der Waals surface area contributed by atoms with Gasteiger partial charge in [0.15, 0.2) is 5.65 Å². The lowest BCUT2D eigenvalue weighted by atomic mass is 10.3. The summed E-state index contributed by atoms with van der Waals surface area (Å²) < 4.78 is 3.72. The van der Waals surface area contributed by atoms with Gasteiger partial charge in [0.1, 0.15) is 17.4 Å². The SMILES string of the molecule is CCc1nn(C)c2c1nc(CCCl)n2C(C)C(=O)NC. The normalized spacial score (nSPS) is 12.8. The Bertz CT molecular complexity index is 630. The van der Waals surface area contributed by atoms with E-state index in [0.29, 0.717) is 12.3 Å². The van der Waals surface area contributed by atoms with Crippen LogP contribution in [0.3, 0.4) is 0 Å². The average Bonchev–Trinajstić information content (AvgIpc) is 2.95. The zero-order valence-electron chi connectivity index (χ0n) is 12.3. The van der Waals surface area contributed by atoms with Crippen molar-refractivity contribution in [2.24, 2.45) is 7.05 Å². The van der Waals surface area contributed by atoms with E-state index in [1.165, 1.54) is 0 Å². The maximum absolute atomic E-state index is 12.0. The topological polar surface area (TPSA) is 64.7 Å². The van der Waals surface area contributed by atoms with Gasteiger partial charge in [0.05, 0.1) is 5.69 Å². The number of hydrogen-bond donors (Lipinski definition) is 1. The molecule has 0 saturated carbocycles. The smallest absolute Gasteiger partial charge is 0.242 e. The molecule has 7 heteroatoms. The predicted octanol–water partition coefficient (Wildman–Crippen LogP) is 1.42. The fraction of sp³-hybridized carbons (Fsp3) is 0.615. The monoisotopic (exact) mass is 297 g/mol. The van der Waals surface area contributed by atoms with Crippen LogP contribution in [0.15, 0.2) is 0 Å². The molecule has 0 radical (unpaired) electrons. The quantitative estimate of drug-likeness (QED) is 0.849. The van der Waals surface area contributed by atoms with Crippen molar-refractivity contribution >= 4 is 28.7 Å². The molecular formula is C13H20ClN5O. The van der Waals surface area contributed by atoms with E-state index in [2.05, 4.69) is 15.4 Å². The van der Waals surface area contributed by atoms with E-state index >= 15 is 0 Å². The van der Waals surface area contributed by atoms with Crippen molar-refractivity contribution in [3.8, 4) is 0 Å². The van der Waals surface area contributed by atoms with Crippen LogP contribution < -0.4 is 5.32 Å². The second kappa shape index (κ2) is 5.83. The Hall–Kier alpha value is -1.56. The highest BCUT2D eigenvalue weighted by atomic mass is 35.5. The molecule has 1 amide bonds. The van der Waals surface area contributed by atoms with Crippen LogP contribution in [0.1, 0.15) is 31.4 Å². The van der Waals surface area contributed by atoms with Gasteiger partial charge in [-0.25, -0.2) is 4.98 Å². The minimum absolute atomic E-state index is 0.0561. The minimum Gasteiger partial charge on any atom is -0.357 e. The molecule has 0 bridgehead atoms. The molecule has 1 atom stereocenters. The number of alkyl halides is 1. The maximum Gasteiger partial charge on any atom is 0.242 e. The molecule has 0 spiro atoms. The first-order chi connectivity index (χ1) is 9.54. The zero-order chi connectivity index (χ0) is 14.9. The lowest BCUT2D eigenvalue weighted by molar-refractivity contribution is -0.123. The third kappa shape index (κ3) is 2.28. The number of aromatic nitrogens is 4. The van der Waals surface area contributed by atoms with Gasteiger partial charge in [0.25, 0.3) is 0 Å². The number of carbonyl (C=O) groups is 1. The Kier molecular flexibility index (Phi) is 4.32. The molecule has 2 aromatic rings. The summed E-state index contributed by atoms with van der Waals surface area (Å²) in [7, 11) is 3.51. The molecule has 2 aromatic heterocycles. The number of amides is 1. The van der Waals surface area contributed by atoms with Gasteiger partial charge in [0.2, 0.25) is 5.91 Å². The first kappa shape index (κ1) is 14.8. The van der Waals surface area contributed by atoms with Crippen molar-refractivity contribution in [2.75, 3.05) is 12.9 Å². The Balaban J connectivity index is 2.67. The van der Waals surface area contributed by atoms with Crippen molar-refractivity contribution in [1.29, 1.82) is 0 Å². The summed E-state index contributed by atoms with van der Waals surface area (Å²) in [5.74, 6) is 1.24. The van der Waals surface area contributed by atoms with Gasteiger partial charge < -0.3 is 9.88 Å². The van der Waals surface area contributed by atoms with Crippen LogP contribution in [-0.2, 0) is 24.7 Å². The molecule has 6 nitrogen and oxygen atoms in total. The minimum atomic E-state index is -0.344. The van der Waals surface area contributed by atoms with Crippen LogP contribution >= 0.6 is 11.6 Å². The van der Waals surface area contributed by atoms with Gasteiger partial charge in [0, 0.05) is 26.4 Å². The summed E-state index contributed by atoms with van der Waals surface area (Å²) >= 11 is 5.86. The molecule has 1 unspecified atom stereocenters. The van der Waals surface area contributed by atoms with Gasteiger partial charge in [-0.3, -0.25) is 9.48 Å². The number of imidazole rings is 1. The van der Waals surface area contributed by atoms with E-state index in [1.54, 1.807) is 11.7 Å². The number of aryl methyl sites for hydroxylation is 3. The van der Waals surface area contributed by atoms with Gasteiger partial charge in [-0.2, -0.15) is 5.10 Å². The number of nitrogens with zero attached hydrogens (tertiary/aromatic N) is 4. The van der Waals surface area contributed by atoms with Crippen LogP contribution in [0.25, 0.3) is 11.2 Å². The van der Waals surface area contributed by atoms with Crippen molar-refractivity contribution < 1.29 is 4.79 Å². The summed E-state index contributed by atoms with van der Waals surface area (Å²) in [5.41, 5.74) is 2.69. The number of rotatable bonds is 5. The van der Waals surface area contributed by atoms with Gasteiger partial charge in [-0.05, 0) is 13.3 Å². The molecule has 2 heterocycles. The maximum atomic E-state index is 12.0. The van der Waals surface area contributed by atoms with E-state index in [0.717, 1.165) is 29.1 Å². The largest absolute Gasteiger partial charge is 0.357 e. The van der Waals surface area contributed by atoms with Crippen molar-refractivity contribution in [2.45, 2.75) is 32.7 Å². The molecular weight excluding hydrogens is 278 g/mol. The molecule has 0 saturated heterocycles. The molecule has 0 aromatic carbocycles. The fourth-order valence-electron chi connectivity index (χ4n) is 2.48. The van der Waals surface area contributed by atoms with Crippen molar-refractivity contribution in [1.82, 2.24) is 24.6 Å². The number of hydrogen-bond acceptors (Lipinski definition) is 3. The summed E-state index contributed by atoms with van der Waals surface area (Å²) in [5, 5.41) is 7.14.